The minimum Gasteiger partial charge on any atom is -0.494 e. The fourth-order valence-electron chi connectivity index (χ4n) is 3.10. The summed E-state index contributed by atoms with van der Waals surface area (Å²) in [5.41, 5.74) is 1.48. The van der Waals surface area contributed by atoms with Crippen LogP contribution in [0.5, 0.6) is 5.75 Å². The number of rotatable bonds is 6. The molecule has 1 aliphatic rings. The van der Waals surface area contributed by atoms with E-state index in [4.69, 9.17) is 4.74 Å². The number of methoxy groups -OCH3 is 1. The van der Waals surface area contributed by atoms with E-state index in [0.717, 1.165) is 15.5 Å². The Morgan fingerprint density at radius 3 is 2.82 bits per heavy atom. The second-order valence-electron chi connectivity index (χ2n) is 6.20. The molecule has 2 aromatic heterocycles. The van der Waals surface area contributed by atoms with Crippen molar-refractivity contribution in [2.24, 2.45) is 5.10 Å². The van der Waals surface area contributed by atoms with Crippen LogP contribution in [-0.2, 0) is 4.79 Å². The zero-order chi connectivity index (χ0) is 19.5. The number of nitrogens with one attached hydrogen (secondary N) is 1. The zero-order valence-corrected chi connectivity index (χ0v) is 16.7. The lowest BCUT2D eigenvalue weighted by molar-refractivity contribution is -0.131. The molecule has 8 heteroatoms. The average Bonchev–Trinajstić information content (AvgIpc) is 3.46. The van der Waals surface area contributed by atoms with Crippen molar-refractivity contribution >= 4 is 40.0 Å². The molecule has 0 radical (unpaired) electrons. The lowest BCUT2D eigenvalue weighted by Gasteiger charge is -2.21. The van der Waals surface area contributed by atoms with Gasteiger partial charge in [-0.1, -0.05) is 12.1 Å². The molecule has 28 heavy (non-hydrogen) atoms. The number of halogens is 1. The molecule has 144 valence electrons. The highest BCUT2D eigenvalue weighted by Gasteiger charge is 2.33. The smallest absolute Gasteiger partial charge is 0.262 e. The maximum atomic E-state index is 13.4. The summed E-state index contributed by atoms with van der Waals surface area (Å²) >= 11 is 3.23. The Morgan fingerprint density at radius 2 is 2.11 bits per heavy atom. The van der Waals surface area contributed by atoms with Gasteiger partial charge in [-0.2, -0.15) is 5.10 Å². The molecule has 0 bridgehead atoms. The maximum absolute atomic E-state index is 13.4. The Labute approximate surface area is 170 Å². The van der Waals surface area contributed by atoms with Gasteiger partial charge in [0.15, 0.2) is 0 Å². The molecule has 1 aliphatic heterocycles. The van der Waals surface area contributed by atoms with Gasteiger partial charge in [0.25, 0.3) is 5.91 Å². The Bertz CT molecular complexity index is 987. The minimum absolute atomic E-state index is 0.0328. The van der Waals surface area contributed by atoms with Gasteiger partial charge >= 0.3 is 0 Å². The number of carbonyl (C=O) groups is 1. The number of ether oxygens (including phenoxy) is 1. The fraction of sp³-hybridized carbons (Fsp3) is 0.200. The quantitative estimate of drug-likeness (QED) is 0.632. The molecule has 3 aromatic rings. The molecular formula is C20H18FN3O2S2. The van der Waals surface area contributed by atoms with Gasteiger partial charge in [0, 0.05) is 17.4 Å². The van der Waals surface area contributed by atoms with E-state index in [-0.39, 0.29) is 18.5 Å². The van der Waals surface area contributed by atoms with Crippen LogP contribution >= 0.6 is 22.7 Å². The molecule has 0 saturated carbocycles. The van der Waals surface area contributed by atoms with Crippen LogP contribution < -0.4 is 10.1 Å². The van der Waals surface area contributed by atoms with E-state index in [1.165, 1.54) is 19.2 Å². The summed E-state index contributed by atoms with van der Waals surface area (Å²) in [5, 5.41) is 13.2. The van der Waals surface area contributed by atoms with Crippen molar-refractivity contribution in [3.8, 4) is 5.75 Å². The van der Waals surface area contributed by atoms with Gasteiger partial charge in [-0.15, -0.1) is 22.7 Å². The first kappa shape index (κ1) is 18.6. The van der Waals surface area contributed by atoms with E-state index >= 15 is 0 Å². The predicted molar refractivity (Wildman–Crippen MR) is 111 cm³/mol. The van der Waals surface area contributed by atoms with E-state index in [1.807, 2.05) is 35.0 Å². The largest absolute Gasteiger partial charge is 0.494 e. The van der Waals surface area contributed by atoms with Gasteiger partial charge in [-0.25, -0.2) is 9.40 Å². The molecule has 0 fully saturated rings. The van der Waals surface area contributed by atoms with Crippen molar-refractivity contribution < 1.29 is 13.9 Å². The molecule has 0 spiro atoms. The van der Waals surface area contributed by atoms with Gasteiger partial charge in [-0.3, -0.25) is 4.79 Å². The number of carbonyl (C=O) groups excluding carboxylic acids is 1. The summed E-state index contributed by atoms with van der Waals surface area (Å²) < 4.78 is 18.5. The Morgan fingerprint density at radius 1 is 1.29 bits per heavy atom. The van der Waals surface area contributed by atoms with Gasteiger partial charge in [0.1, 0.15) is 11.6 Å². The number of benzene rings is 1. The number of anilines is 1. The SMILES string of the molecule is COc1cc(F)ccc1NCC(=O)N1N=C(c2cccs2)CC1c1cccs1. The first-order chi connectivity index (χ1) is 13.7. The Hall–Kier alpha value is -2.71. The summed E-state index contributed by atoms with van der Waals surface area (Å²) in [7, 11) is 1.46. The predicted octanol–water partition coefficient (Wildman–Crippen LogP) is 4.75. The van der Waals surface area contributed by atoms with E-state index in [1.54, 1.807) is 33.7 Å². The van der Waals surface area contributed by atoms with Crippen molar-refractivity contribution in [3.05, 3.63) is 68.8 Å². The molecule has 1 N–H and O–H groups in total. The normalized spacial score (nSPS) is 16.1. The van der Waals surface area contributed by atoms with Crippen LogP contribution in [0, 0.1) is 5.82 Å². The number of nitrogens with zero attached hydrogens (tertiary/aromatic N) is 2. The lowest BCUT2D eigenvalue weighted by Crippen LogP contribution is -2.32. The molecule has 1 aromatic carbocycles. The third-order valence-electron chi connectivity index (χ3n) is 4.44. The molecule has 0 aliphatic carbocycles. The molecule has 4 rings (SSSR count). The minimum atomic E-state index is -0.392. The second kappa shape index (κ2) is 8.12. The third kappa shape index (κ3) is 3.79. The van der Waals surface area contributed by atoms with Crippen molar-refractivity contribution in [1.82, 2.24) is 5.01 Å². The van der Waals surface area contributed by atoms with Crippen LogP contribution in [0.4, 0.5) is 10.1 Å². The molecule has 3 heterocycles. The number of hydrogen-bond acceptors (Lipinski definition) is 6. The maximum Gasteiger partial charge on any atom is 0.262 e. The molecule has 1 atom stereocenters. The van der Waals surface area contributed by atoms with Crippen LogP contribution in [0.25, 0.3) is 0 Å². The van der Waals surface area contributed by atoms with Crippen molar-refractivity contribution in [3.63, 3.8) is 0 Å². The van der Waals surface area contributed by atoms with Gasteiger partial charge in [0.2, 0.25) is 0 Å². The highest BCUT2D eigenvalue weighted by atomic mass is 32.1. The van der Waals surface area contributed by atoms with Crippen LogP contribution in [0.15, 0.2) is 58.3 Å². The monoisotopic (exact) mass is 415 g/mol. The van der Waals surface area contributed by atoms with Crippen molar-refractivity contribution in [2.45, 2.75) is 12.5 Å². The number of hydrogen-bond donors (Lipinski definition) is 1. The average molecular weight is 416 g/mol. The van der Waals surface area contributed by atoms with Crippen LogP contribution in [0.3, 0.4) is 0 Å². The second-order valence-corrected chi connectivity index (χ2v) is 8.12. The summed E-state index contributed by atoms with van der Waals surface area (Å²) in [6.45, 7) is 0.0328. The highest BCUT2D eigenvalue weighted by Crippen LogP contribution is 2.36. The Balaban J connectivity index is 1.53. The fourth-order valence-corrected chi connectivity index (χ4v) is 4.63. The summed E-state index contributed by atoms with van der Waals surface area (Å²) in [5.74, 6) is -0.195. The Kier molecular flexibility index (Phi) is 5.40. The molecule has 1 amide bonds. The lowest BCUT2D eigenvalue weighted by atomic mass is 10.1. The molecule has 5 nitrogen and oxygen atoms in total. The first-order valence-electron chi connectivity index (χ1n) is 8.70. The topological polar surface area (TPSA) is 53.9 Å². The van der Waals surface area contributed by atoms with E-state index < -0.39 is 5.82 Å². The van der Waals surface area contributed by atoms with Crippen molar-refractivity contribution in [2.75, 3.05) is 19.0 Å². The summed E-state index contributed by atoms with van der Waals surface area (Å²) in [4.78, 5) is 15.1. The van der Waals surface area contributed by atoms with E-state index in [0.29, 0.717) is 17.9 Å². The van der Waals surface area contributed by atoms with E-state index in [9.17, 15) is 9.18 Å². The number of thiophene rings is 2. The zero-order valence-electron chi connectivity index (χ0n) is 15.1. The van der Waals surface area contributed by atoms with Gasteiger partial charge < -0.3 is 10.1 Å². The van der Waals surface area contributed by atoms with Crippen molar-refractivity contribution in [1.29, 1.82) is 0 Å². The molecule has 0 saturated heterocycles. The standard InChI is InChI=1S/C20H18FN3O2S2/c1-26-17-10-13(21)6-7-14(17)22-12-20(25)24-16(19-5-3-9-28-19)11-15(23-24)18-4-2-8-27-18/h2-10,16,22H,11-12H2,1H3. The highest BCUT2D eigenvalue weighted by molar-refractivity contribution is 7.12. The molecular weight excluding hydrogens is 397 g/mol. The van der Waals surface area contributed by atoms with Gasteiger partial charge in [-0.05, 0) is 35.0 Å². The van der Waals surface area contributed by atoms with Crippen LogP contribution in [0.2, 0.25) is 0 Å². The third-order valence-corrected chi connectivity index (χ3v) is 6.33. The number of amides is 1. The first-order valence-corrected chi connectivity index (χ1v) is 10.5. The van der Waals surface area contributed by atoms with Crippen LogP contribution in [0.1, 0.15) is 22.2 Å². The van der Waals surface area contributed by atoms with Crippen LogP contribution in [-0.4, -0.2) is 30.3 Å². The number of hydrazone groups is 1. The van der Waals surface area contributed by atoms with Gasteiger partial charge in [0.05, 0.1) is 36.0 Å². The molecule has 1 unspecified atom stereocenters. The summed E-state index contributed by atoms with van der Waals surface area (Å²) in [6, 6.07) is 12.1. The summed E-state index contributed by atoms with van der Waals surface area (Å²) in [6.07, 6.45) is 0.687. The van der Waals surface area contributed by atoms with E-state index in [2.05, 4.69) is 10.4 Å².